The van der Waals surface area contributed by atoms with Crippen LogP contribution in [-0.4, -0.2) is 42.2 Å². The third kappa shape index (κ3) is 6.31. The lowest BCUT2D eigenvalue weighted by molar-refractivity contribution is -0.143. The lowest BCUT2D eigenvalue weighted by atomic mass is 9.95. The lowest BCUT2D eigenvalue weighted by Gasteiger charge is -2.30. The van der Waals surface area contributed by atoms with Crippen LogP contribution in [0.3, 0.4) is 0 Å². The molecule has 1 heterocycles. The van der Waals surface area contributed by atoms with Crippen molar-refractivity contribution in [2.24, 2.45) is 5.92 Å². The van der Waals surface area contributed by atoms with E-state index in [-0.39, 0.29) is 24.1 Å². The molecule has 0 aliphatic carbocycles. The summed E-state index contributed by atoms with van der Waals surface area (Å²) < 4.78 is 19.6. The summed E-state index contributed by atoms with van der Waals surface area (Å²) in [5.74, 6) is -1.30. The van der Waals surface area contributed by atoms with E-state index in [0.29, 0.717) is 19.7 Å². The molecule has 0 radical (unpaired) electrons. The number of ether oxygens (including phenoxy) is 1. The van der Waals surface area contributed by atoms with Crippen LogP contribution in [0.15, 0.2) is 54.8 Å². The third-order valence-corrected chi connectivity index (χ3v) is 5.15. The van der Waals surface area contributed by atoms with Crippen LogP contribution in [0.4, 0.5) is 4.39 Å². The van der Waals surface area contributed by atoms with Crippen molar-refractivity contribution in [3.8, 4) is 0 Å². The summed E-state index contributed by atoms with van der Waals surface area (Å²) in [7, 11) is 0. The molecule has 0 spiro atoms. The Balaban J connectivity index is 0.00000300. The second-order valence-corrected chi connectivity index (χ2v) is 7.21. The predicted molar refractivity (Wildman–Crippen MR) is 115 cm³/mol. The number of carbonyl (C=O) groups is 1. The number of halogens is 2. The lowest BCUT2D eigenvalue weighted by Crippen LogP contribution is -2.40. The van der Waals surface area contributed by atoms with Gasteiger partial charge >= 0.3 is 5.97 Å². The molecule has 1 fully saturated rings. The van der Waals surface area contributed by atoms with E-state index in [0.717, 1.165) is 41.6 Å². The Labute approximate surface area is 177 Å². The van der Waals surface area contributed by atoms with Gasteiger partial charge in [-0.15, -0.1) is 12.4 Å². The van der Waals surface area contributed by atoms with Crippen molar-refractivity contribution in [3.05, 3.63) is 77.3 Å². The molecule has 0 amide bonds. The number of rotatable bonds is 7. The van der Waals surface area contributed by atoms with E-state index >= 15 is 0 Å². The van der Waals surface area contributed by atoms with Crippen molar-refractivity contribution in [1.29, 1.82) is 0 Å². The first-order valence-corrected chi connectivity index (χ1v) is 9.63. The first kappa shape index (κ1) is 22.9. The summed E-state index contributed by atoms with van der Waals surface area (Å²) in [5.41, 5.74) is 3.68. The number of aliphatic carboxylic acids is 1. The summed E-state index contributed by atoms with van der Waals surface area (Å²) >= 11 is 0. The van der Waals surface area contributed by atoms with Gasteiger partial charge in [0, 0.05) is 18.7 Å². The highest BCUT2D eigenvalue weighted by Gasteiger charge is 2.24. The molecule has 1 N–H and O–H groups in total. The minimum atomic E-state index is -0.724. The standard InChI is InChI=1S/C23H26FNO3.ClH/c1-17-6-2-3-10-21(17)22(18-7-4-9-20(24)14-18)16-28-13-12-25-11-5-8-19(15-25)23(26)27;/h2-4,6-7,9-10,14,16,19H,5,8,11-13,15H2,1H3,(H,26,27);1H. The maximum Gasteiger partial charge on any atom is 0.307 e. The van der Waals surface area contributed by atoms with E-state index < -0.39 is 5.97 Å². The molecule has 1 atom stereocenters. The highest BCUT2D eigenvalue weighted by Crippen LogP contribution is 2.26. The molecule has 1 aliphatic rings. The number of likely N-dealkylation sites (tertiary alicyclic amines) is 1. The molecule has 1 saturated heterocycles. The van der Waals surface area contributed by atoms with Crippen molar-refractivity contribution in [3.63, 3.8) is 0 Å². The minimum absolute atomic E-state index is 0. The molecule has 0 saturated carbocycles. The average Bonchev–Trinajstić information content (AvgIpc) is 2.69. The van der Waals surface area contributed by atoms with Crippen molar-refractivity contribution < 1.29 is 19.0 Å². The maximum absolute atomic E-state index is 13.8. The molecule has 1 aliphatic heterocycles. The van der Waals surface area contributed by atoms with Crippen LogP contribution >= 0.6 is 12.4 Å². The van der Waals surface area contributed by atoms with Gasteiger partial charge in [0.15, 0.2) is 0 Å². The maximum atomic E-state index is 13.8. The topological polar surface area (TPSA) is 49.8 Å². The predicted octanol–water partition coefficient (Wildman–Crippen LogP) is 4.76. The van der Waals surface area contributed by atoms with E-state index in [9.17, 15) is 14.3 Å². The van der Waals surface area contributed by atoms with E-state index in [1.54, 1.807) is 12.3 Å². The Morgan fingerprint density at radius 1 is 1.28 bits per heavy atom. The van der Waals surface area contributed by atoms with E-state index in [4.69, 9.17) is 4.74 Å². The number of carboxylic acids is 1. The second kappa shape index (κ2) is 11.0. The van der Waals surface area contributed by atoms with Gasteiger partial charge in [0.25, 0.3) is 0 Å². The van der Waals surface area contributed by atoms with Gasteiger partial charge in [-0.05, 0) is 55.1 Å². The van der Waals surface area contributed by atoms with Gasteiger partial charge in [-0.3, -0.25) is 9.69 Å². The zero-order chi connectivity index (χ0) is 19.9. The van der Waals surface area contributed by atoms with Gasteiger partial charge < -0.3 is 9.84 Å². The molecule has 2 aromatic carbocycles. The third-order valence-electron chi connectivity index (χ3n) is 5.15. The smallest absolute Gasteiger partial charge is 0.307 e. The van der Waals surface area contributed by atoms with Crippen molar-refractivity contribution in [2.45, 2.75) is 19.8 Å². The zero-order valence-corrected chi connectivity index (χ0v) is 17.3. The average molecular weight is 420 g/mol. The SMILES string of the molecule is Cc1ccccc1C(=COCCN1CCCC(C(=O)O)C1)c1cccc(F)c1.Cl. The van der Waals surface area contributed by atoms with E-state index in [1.807, 2.05) is 37.3 Å². The van der Waals surface area contributed by atoms with Crippen LogP contribution in [0.2, 0.25) is 0 Å². The Bertz CT molecular complexity index is 856. The highest BCUT2D eigenvalue weighted by atomic mass is 35.5. The fraction of sp³-hybridized carbons (Fsp3) is 0.348. The number of hydrogen-bond acceptors (Lipinski definition) is 3. The Hall–Kier alpha value is -2.37. The summed E-state index contributed by atoms with van der Waals surface area (Å²) in [6, 6.07) is 14.4. The van der Waals surface area contributed by atoms with Crippen molar-refractivity contribution in [2.75, 3.05) is 26.2 Å². The number of aryl methyl sites for hydroxylation is 1. The molecule has 4 nitrogen and oxygen atoms in total. The zero-order valence-electron chi connectivity index (χ0n) is 16.5. The number of nitrogens with zero attached hydrogens (tertiary/aromatic N) is 1. The summed E-state index contributed by atoms with van der Waals surface area (Å²) in [5, 5.41) is 9.20. The van der Waals surface area contributed by atoms with Crippen LogP contribution in [0, 0.1) is 18.7 Å². The molecule has 0 bridgehead atoms. The molecule has 2 aromatic rings. The molecule has 29 heavy (non-hydrogen) atoms. The Morgan fingerprint density at radius 3 is 2.79 bits per heavy atom. The van der Waals surface area contributed by atoms with E-state index in [1.165, 1.54) is 12.1 Å². The van der Waals surface area contributed by atoms with Gasteiger partial charge in [-0.25, -0.2) is 4.39 Å². The second-order valence-electron chi connectivity index (χ2n) is 7.21. The fourth-order valence-corrected chi connectivity index (χ4v) is 3.60. The first-order valence-electron chi connectivity index (χ1n) is 9.63. The first-order chi connectivity index (χ1) is 13.5. The van der Waals surface area contributed by atoms with Crippen molar-refractivity contribution >= 4 is 23.9 Å². The van der Waals surface area contributed by atoms with Crippen LogP contribution in [0.25, 0.3) is 5.57 Å². The van der Waals surface area contributed by atoms with Crippen LogP contribution in [0.5, 0.6) is 0 Å². The van der Waals surface area contributed by atoms with Gasteiger partial charge in [0.2, 0.25) is 0 Å². The molecular weight excluding hydrogens is 393 g/mol. The van der Waals surface area contributed by atoms with Gasteiger partial charge in [0.1, 0.15) is 12.4 Å². The number of benzene rings is 2. The van der Waals surface area contributed by atoms with Crippen molar-refractivity contribution in [1.82, 2.24) is 4.90 Å². The number of piperidine rings is 1. The number of carboxylic acid groups (broad SMARTS) is 1. The largest absolute Gasteiger partial charge is 0.499 e. The van der Waals surface area contributed by atoms with Gasteiger partial charge in [-0.2, -0.15) is 0 Å². The van der Waals surface area contributed by atoms with Crippen LogP contribution in [-0.2, 0) is 9.53 Å². The number of hydrogen-bond donors (Lipinski definition) is 1. The summed E-state index contributed by atoms with van der Waals surface area (Å²) in [6.45, 7) is 4.60. The summed E-state index contributed by atoms with van der Waals surface area (Å²) in [4.78, 5) is 13.3. The molecule has 1 unspecified atom stereocenters. The molecular formula is C23H27ClFNO3. The van der Waals surface area contributed by atoms with Crippen LogP contribution < -0.4 is 0 Å². The monoisotopic (exact) mass is 419 g/mol. The quantitative estimate of drug-likeness (QED) is 0.519. The summed E-state index contributed by atoms with van der Waals surface area (Å²) in [6.07, 6.45) is 3.32. The van der Waals surface area contributed by atoms with E-state index in [2.05, 4.69) is 4.90 Å². The van der Waals surface area contributed by atoms with Crippen LogP contribution in [0.1, 0.15) is 29.5 Å². The fourth-order valence-electron chi connectivity index (χ4n) is 3.60. The molecule has 6 heteroatoms. The Morgan fingerprint density at radius 2 is 2.07 bits per heavy atom. The molecule has 3 rings (SSSR count). The minimum Gasteiger partial charge on any atom is -0.499 e. The molecule has 0 aromatic heterocycles. The Kier molecular flexibility index (Phi) is 8.68. The highest BCUT2D eigenvalue weighted by molar-refractivity contribution is 5.85. The van der Waals surface area contributed by atoms with Gasteiger partial charge in [0.05, 0.1) is 12.2 Å². The molecule has 156 valence electrons. The normalized spacial score (nSPS) is 17.4. The van der Waals surface area contributed by atoms with Gasteiger partial charge in [-0.1, -0.05) is 36.4 Å².